The van der Waals surface area contributed by atoms with Crippen LogP contribution in [0.1, 0.15) is 21.5 Å². The van der Waals surface area contributed by atoms with Crippen molar-refractivity contribution < 1.29 is 9.90 Å². The molecule has 0 atom stereocenters. The Labute approximate surface area is 121 Å². The smallest absolute Gasteiger partial charge is 0.341 e. The second kappa shape index (κ2) is 5.92. The first-order valence-electron chi connectivity index (χ1n) is 5.99. The van der Waals surface area contributed by atoms with Gasteiger partial charge in [0.25, 0.3) is 0 Å². The highest BCUT2D eigenvalue weighted by Gasteiger charge is 2.14. The number of aryl methyl sites for hydroxylation is 2. The average molecular weight is 289 g/mol. The summed E-state index contributed by atoms with van der Waals surface area (Å²) in [7, 11) is 0. The third-order valence-electron chi connectivity index (χ3n) is 2.66. The lowest BCUT2D eigenvalue weighted by Gasteiger charge is -2.10. The molecule has 0 aliphatic carbocycles. The van der Waals surface area contributed by atoms with Gasteiger partial charge in [0.15, 0.2) is 5.16 Å². The van der Waals surface area contributed by atoms with Crippen LogP contribution in [-0.2, 0) is 0 Å². The van der Waals surface area contributed by atoms with Crippen LogP contribution >= 0.6 is 11.8 Å². The second-order valence-electron chi connectivity index (χ2n) is 4.43. The van der Waals surface area contributed by atoms with Crippen molar-refractivity contribution >= 4 is 29.2 Å². The van der Waals surface area contributed by atoms with E-state index in [1.165, 1.54) is 18.0 Å². The van der Waals surface area contributed by atoms with E-state index in [0.29, 0.717) is 11.0 Å². The highest BCUT2D eigenvalue weighted by Crippen LogP contribution is 2.22. The average Bonchev–Trinajstić information content (AvgIpc) is 2.37. The fraction of sp³-hybridized carbons (Fsp3) is 0.214. The van der Waals surface area contributed by atoms with E-state index >= 15 is 0 Å². The maximum absolute atomic E-state index is 11.2. The Morgan fingerprint density at radius 3 is 2.45 bits per heavy atom. The maximum atomic E-state index is 11.2. The van der Waals surface area contributed by atoms with Crippen LogP contribution in [0.2, 0.25) is 0 Å². The number of hydrogen-bond donors (Lipinski definition) is 2. The molecule has 5 nitrogen and oxygen atoms in total. The first-order chi connectivity index (χ1) is 9.49. The lowest BCUT2D eigenvalue weighted by atomic mass is 10.1. The van der Waals surface area contributed by atoms with Gasteiger partial charge in [0.2, 0.25) is 0 Å². The van der Waals surface area contributed by atoms with Crippen LogP contribution < -0.4 is 5.32 Å². The molecule has 0 saturated heterocycles. The van der Waals surface area contributed by atoms with E-state index in [0.717, 1.165) is 16.8 Å². The quantitative estimate of drug-likeness (QED) is 0.664. The highest BCUT2D eigenvalue weighted by molar-refractivity contribution is 7.98. The number of nitrogens with one attached hydrogen (secondary N) is 1. The number of nitrogens with zero attached hydrogens (tertiary/aromatic N) is 2. The number of aromatic carboxylic acids is 1. The molecule has 104 valence electrons. The molecule has 1 aromatic carbocycles. The molecule has 0 radical (unpaired) electrons. The number of carboxylic acid groups (broad SMARTS) is 1. The van der Waals surface area contributed by atoms with Gasteiger partial charge in [0, 0.05) is 11.9 Å². The molecule has 0 spiro atoms. The molecule has 6 heteroatoms. The molecule has 0 fully saturated rings. The van der Waals surface area contributed by atoms with Crippen molar-refractivity contribution in [3.05, 3.63) is 41.1 Å². The van der Waals surface area contributed by atoms with E-state index in [1.807, 2.05) is 32.2 Å². The molecule has 0 unspecified atom stereocenters. The number of benzene rings is 1. The Hall–Kier alpha value is -2.08. The van der Waals surface area contributed by atoms with Gasteiger partial charge < -0.3 is 10.4 Å². The van der Waals surface area contributed by atoms with Gasteiger partial charge in [-0.05, 0) is 43.4 Å². The minimum atomic E-state index is -1.05. The van der Waals surface area contributed by atoms with Crippen LogP contribution in [0.3, 0.4) is 0 Å². The summed E-state index contributed by atoms with van der Waals surface area (Å²) in [6, 6.07) is 5.94. The first kappa shape index (κ1) is 14.3. The first-order valence-corrected chi connectivity index (χ1v) is 7.21. The third-order valence-corrected chi connectivity index (χ3v) is 3.23. The largest absolute Gasteiger partial charge is 0.477 e. The van der Waals surface area contributed by atoms with E-state index in [2.05, 4.69) is 21.4 Å². The van der Waals surface area contributed by atoms with Crippen molar-refractivity contribution in [1.29, 1.82) is 0 Å². The number of aromatic nitrogens is 2. The fourth-order valence-electron chi connectivity index (χ4n) is 1.90. The molecule has 20 heavy (non-hydrogen) atoms. The van der Waals surface area contributed by atoms with Crippen LogP contribution in [0.4, 0.5) is 11.5 Å². The maximum Gasteiger partial charge on any atom is 0.341 e. The summed E-state index contributed by atoms with van der Waals surface area (Å²) in [5, 5.41) is 12.8. The molecule has 0 bridgehead atoms. The van der Waals surface area contributed by atoms with Gasteiger partial charge in [0.05, 0.1) is 0 Å². The Bertz CT molecular complexity index is 639. The molecule has 0 aliphatic rings. The van der Waals surface area contributed by atoms with Crippen molar-refractivity contribution in [3.63, 3.8) is 0 Å². The van der Waals surface area contributed by atoms with E-state index in [-0.39, 0.29) is 5.56 Å². The van der Waals surface area contributed by atoms with Gasteiger partial charge in [-0.1, -0.05) is 17.8 Å². The SMILES string of the molecule is CSc1ncc(C(=O)O)c(Nc2cc(C)cc(C)c2)n1. The predicted molar refractivity (Wildman–Crippen MR) is 80.0 cm³/mol. The van der Waals surface area contributed by atoms with Crippen molar-refractivity contribution in [2.45, 2.75) is 19.0 Å². The zero-order chi connectivity index (χ0) is 14.7. The van der Waals surface area contributed by atoms with Crippen LogP contribution in [0.5, 0.6) is 0 Å². The summed E-state index contributed by atoms with van der Waals surface area (Å²) in [6.07, 6.45) is 3.17. The topological polar surface area (TPSA) is 75.1 Å². The zero-order valence-corrected chi connectivity index (χ0v) is 12.3. The normalized spacial score (nSPS) is 10.3. The van der Waals surface area contributed by atoms with Gasteiger partial charge in [-0.25, -0.2) is 14.8 Å². The van der Waals surface area contributed by atoms with Gasteiger partial charge in [-0.2, -0.15) is 0 Å². The van der Waals surface area contributed by atoms with Gasteiger partial charge in [-0.3, -0.25) is 0 Å². The lowest BCUT2D eigenvalue weighted by molar-refractivity contribution is 0.0697. The Balaban J connectivity index is 2.42. The van der Waals surface area contributed by atoms with E-state index in [4.69, 9.17) is 0 Å². The van der Waals surface area contributed by atoms with Crippen LogP contribution in [0.15, 0.2) is 29.6 Å². The minimum absolute atomic E-state index is 0.0574. The number of thioether (sulfide) groups is 1. The number of carbonyl (C=O) groups is 1. The summed E-state index contributed by atoms with van der Waals surface area (Å²) < 4.78 is 0. The van der Waals surface area contributed by atoms with Crippen molar-refractivity contribution in [3.8, 4) is 0 Å². The van der Waals surface area contributed by atoms with Crippen molar-refractivity contribution in [2.24, 2.45) is 0 Å². The van der Waals surface area contributed by atoms with Crippen molar-refractivity contribution in [2.75, 3.05) is 11.6 Å². The van der Waals surface area contributed by atoms with E-state index < -0.39 is 5.97 Å². The Morgan fingerprint density at radius 1 is 1.25 bits per heavy atom. The van der Waals surface area contributed by atoms with Gasteiger partial charge in [-0.15, -0.1) is 0 Å². The summed E-state index contributed by atoms with van der Waals surface area (Å²) in [4.78, 5) is 19.4. The number of hydrogen-bond acceptors (Lipinski definition) is 5. The molecule has 0 amide bonds. The van der Waals surface area contributed by atoms with Crippen molar-refractivity contribution in [1.82, 2.24) is 9.97 Å². The summed E-state index contributed by atoms with van der Waals surface area (Å²) in [5.74, 6) is -0.744. The second-order valence-corrected chi connectivity index (χ2v) is 5.20. The third kappa shape index (κ3) is 3.27. The van der Waals surface area contributed by atoms with Gasteiger partial charge in [0.1, 0.15) is 11.4 Å². The van der Waals surface area contributed by atoms with Crippen LogP contribution in [-0.4, -0.2) is 27.3 Å². The molecule has 0 saturated carbocycles. The Morgan fingerprint density at radius 2 is 1.90 bits per heavy atom. The number of anilines is 2. The molecule has 0 aliphatic heterocycles. The standard InChI is InChI=1S/C14H15N3O2S/c1-8-4-9(2)6-10(5-8)16-12-11(13(18)19)7-15-14(17-12)20-3/h4-7H,1-3H3,(H,18,19)(H,15,16,17). The minimum Gasteiger partial charge on any atom is -0.477 e. The molecule has 1 aromatic heterocycles. The van der Waals surface area contributed by atoms with Gasteiger partial charge >= 0.3 is 5.97 Å². The number of rotatable bonds is 4. The number of carboxylic acids is 1. The molecule has 2 aromatic rings. The fourth-order valence-corrected chi connectivity index (χ4v) is 2.24. The predicted octanol–water partition coefficient (Wildman–Crippen LogP) is 3.26. The van der Waals surface area contributed by atoms with E-state index in [1.54, 1.807) is 0 Å². The summed E-state index contributed by atoms with van der Waals surface area (Å²) >= 11 is 1.37. The molecular weight excluding hydrogens is 274 g/mol. The Kier molecular flexibility index (Phi) is 4.24. The zero-order valence-electron chi connectivity index (χ0n) is 11.5. The summed E-state index contributed by atoms with van der Waals surface area (Å²) in [6.45, 7) is 3.98. The molecule has 1 heterocycles. The summed E-state index contributed by atoms with van der Waals surface area (Å²) in [5.41, 5.74) is 3.07. The van der Waals surface area contributed by atoms with Crippen LogP contribution in [0, 0.1) is 13.8 Å². The lowest BCUT2D eigenvalue weighted by Crippen LogP contribution is -2.07. The monoisotopic (exact) mass is 289 g/mol. The van der Waals surface area contributed by atoms with E-state index in [9.17, 15) is 9.90 Å². The molecule has 2 N–H and O–H groups in total. The molecule has 2 rings (SSSR count). The van der Waals surface area contributed by atoms with Crippen LogP contribution in [0.25, 0.3) is 0 Å². The highest BCUT2D eigenvalue weighted by atomic mass is 32.2. The molecular formula is C14H15N3O2S.